The van der Waals surface area contributed by atoms with Gasteiger partial charge in [0, 0.05) is 38.3 Å². The highest BCUT2D eigenvalue weighted by molar-refractivity contribution is 5.56. The Morgan fingerprint density at radius 2 is 1.95 bits per heavy atom. The van der Waals surface area contributed by atoms with Crippen molar-refractivity contribution >= 4 is 5.69 Å². The third-order valence-electron chi connectivity index (χ3n) is 4.37. The van der Waals surface area contributed by atoms with Gasteiger partial charge in [0.15, 0.2) is 0 Å². The summed E-state index contributed by atoms with van der Waals surface area (Å²) in [6, 6.07) is 4.97. The second-order valence-corrected chi connectivity index (χ2v) is 6.08. The summed E-state index contributed by atoms with van der Waals surface area (Å²) in [7, 11) is 0. The van der Waals surface area contributed by atoms with Gasteiger partial charge < -0.3 is 10.0 Å². The summed E-state index contributed by atoms with van der Waals surface area (Å²) >= 11 is 0. The van der Waals surface area contributed by atoms with Crippen LogP contribution in [-0.2, 0) is 0 Å². The molecule has 1 heterocycles. The average Bonchev–Trinajstić information content (AvgIpc) is 3.23. The van der Waals surface area contributed by atoms with Gasteiger partial charge in [-0.2, -0.15) is 0 Å². The zero-order valence-electron chi connectivity index (χ0n) is 12.1. The first-order valence-electron chi connectivity index (χ1n) is 7.59. The number of aliphatic hydroxyl groups excluding tert-OH is 1. The minimum absolute atomic E-state index is 0.223. The molecule has 1 aliphatic carbocycles. The molecule has 110 valence electrons. The summed E-state index contributed by atoms with van der Waals surface area (Å²) in [6.45, 7) is 6.56. The van der Waals surface area contributed by atoms with E-state index < -0.39 is 6.10 Å². The van der Waals surface area contributed by atoms with Crippen LogP contribution in [0.4, 0.5) is 10.1 Å². The van der Waals surface area contributed by atoms with Crippen molar-refractivity contribution in [2.45, 2.75) is 25.9 Å². The number of hydrogen-bond donors (Lipinski definition) is 1. The van der Waals surface area contributed by atoms with Crippen molar-refractivity contribution in [3.05, 3.63) is 29.6 Å². The van der Waals surface area contributed by atoms with Gasteiger partial charge in [0.2, 0.25) is 0 Å². The van der Waals surface area contributed by atoms with Crippen molar-refractivity contribution in [2.75, 3.05) is 37.6 Å². The molecule has 3 rings (SSSR count). The van der Waals surface area contributed by atoms with Crippen LogP contribution >= 0.6 is 0 Å². The maximum atomic E-state index is 14.1. The Kier molecular flexibility index (Phi) is 3.94. The number of anilines is 1. The second kappa shape index (κ2) is 5.70. The third kappa shape index (κ3) is 2.96. The van der Waals surface area contributed by atoms with E-state index in [-0.39, 0.29) is 5.82 Å². The lowest BCUT2D eigenvalue weighted by Gasteiger charge is -2.37. The molecule has 1 aromatic rings. The smallest absolute Gasteiger partial charge is 0.146 e. The maximum absolute atomic E-state index is 14.1. The molecule has 1 saturated carbocycles. The molecule has 4 heteroatoms. The molecule has 0 bridgehead atoms. The fourth-order valence-corrected chi connectivity index (χ4v) is 3.02. The third-order valence-corrected chi connectivity index (χ3v) is 4.37. The van der Waals surface area contributed by atoms with Crippen LogP contribution in [0.25, 0.3) is 0 Å². The van der Waals surface area contributed by atoms with Crippen LogP contribution < -0.4 is 4.90 Å². The van der Waals surface area contributed by atoms with Gasteiger partial charge >= 0.3 is 0 Å². The Morgan fingerprint density at radius 3 is 2.55 bits per heavy atom. The Morgan fingerprint density at radius 1 is 1.25 bits per heavy atom. The molecule has 1 atom stereocenters. The molecule has 3 nitrogen and oxygen atoms in total. The maximum Gasteiger partial charge on any atom is 0.146 e. The van der Waals surface area contributed by atoms with E-state index in [1.165, 1.54) is 25.5 Å². The minimum atomic E-state index is -0.634. The van der Waals surface area contributed by atoms with Crippen LogP contribution in [0.15, 0.2) is 18.2 Å². The van der Waals surface area contributed by atoms with E-state index in [0.717, 1.165) is 32.1 Å². The Hall–Kier alpha value is -1.13. The first-order chi connectivity index (χ1) is 9.65. The summed E-state index contributed by atoms with van der Waals surface area (Å²) in [5, 5.41) is 9.84. The molecule has 0 radical (unpaired) electrons. The molecule has 20 heavy (non-hydrogen) atoms. The fraction of sp³-hybridized carbons (Fsp3) is 0.625. The topological polar surface area (TPSA) is 26.7 Å². The van der Waals surface area contributed by atoms with Crippen LogP contribution in [-0.4, -0.2) is 42.7 Å². The molecule has 2 fully saturated rings. The van der Waals surface area contributed by atoms with Gasteiger partial charge in [-0.3, -0.25) is 4.90 Å². The summed E-state index contributed by atoms with van der Waals surface area (Å²) in [4.78, 5) is 4.57. The van der Waals surface area contributed by atoms with E-state index in [1.54, 1.807) is 13.0 Å². The number of piperazine rings is 1. The molecule has 1 N–H and O–H groups in total. The quantitative estimate of drug-likeness (QED) is 0.916. The highest BCUT2D eigenvalue weighted by atomic mass is 19.1. The van der Waals surface area contributed by atoms with Gasteiger partial charge in [0.1, 0.15) is 5.82 Å². The Bertz CT molecular complexity index is 466. The number of aliphatic hydroxyl groups is 1. The van der Waals surface area contributed by atoms with E-state index in [0.29, 0.717) is 11.3 Å². The predicted octanol–water partition coefficient (Wildman–Crippen LogP) is 2.41. The van der Waals surface area contributed by atoms with Crippen LogP contribution in [0.1, 0.15) is 31.4 Å². The molecule has 1 aliphatic heterocycles. The van der Waals surface area contributed by atoms with Crippen molar-refractivity contribution in [1.29, 1.82) is 0 Å². The SMILES string of the molecule is C[C@@H](O)c1cccc(F)c1N1CCN(CC2CC2)CC1. The summed E-state index contributed by atoms with van der Waals surface area (Å²) in [5.41, 5.74) is 1.29. The van der Waals surface area contributed by atoms with Gasteiger partial charge in [0.05, 0.1) is 11.8 Å². The molecule has 0 unspecified atom stereocenters. The average molecular weight is 278 g/mol. The second-order valence-electron chi connectivity index (χ2n) is 6.08. The first-order valence-corrected chi connectivity index (χ1v) is 7.59. The lowest BCUT2D eigenvalue weighted by Crippen LogP contribution is -2.47. The first kappa shape index (κ1) is 13.8. The monoisotopic (exact) mass is 278 g/mol. The number of nitrogens with zero attached hydrogens (tertiary/aromatic N) is 2. The van der Waals surface area contributed by atoms with E-state index >= 15 is 0 Å². The molecule has 0 spiro atoms. The molecular weight excluding hydrogens is 255 g/mol. The van der Waals surface area contributed by atoms with Gasteiger partial charge in [-0.25, -0.2) is 4.39 Å². The lowest BCUT2D eigenvalue weighted by atomic mass is 10.1. The summed E-state index contributed by atoms with van der Waals surface area (Å²) in [6.07, 6.45) is 2.12. The van der Waals surface area contributed by atoms with Crippen molar-refractivity contribution in [1.82, 2.24) is 4.90 Å². The zero-order chi connectivity index (χ0) is 14.1. The van der Waals surface area contributed by atoms with Gasteiger partial charge in [-0.1, -0.05) is 12.1 Å². The van der Waals surface area contributed by atoms with Crippen molar-refractivity contribution in [3.8, 4) is 0 Å². The lowest BCUT2D eigenvalue weighted by molar-refractivity contribution is 0.198. The van der Waals surface area contributed by atoms with Crippen LogP contribution in [0, 0.1) is 11.7 Å². The number of halogens is 1. The molecule has 1 aromatic carbocycles. The standard InChI is InChI=1S/C16H23FN2O/c1-12(20)14-3-2-4-15(17)16(14)19-9-7-18(8-10-19)11-13-5-6-13/h2-4,12-13,20H,5-11H2,1H3/t12-/m1/s1. The van der Waals surface area contributed by atoms with Crippen molar-refractivity contribution < 1.29 is 9.50 Å². The Labute approximate surface area is 120 Å². The number of para-hydroxylation sites is 1. The van der Waals surface area contributed by atoms with E-state index in [9.17, 15) is 9.50 Å². The van der Waals surface area contributed by atoms with E-state index in [4.69, 9.17) is 0 Å². The van der Waals surface area contributed by atoms with Gasteiger partial charge in [0.25, 0.3) is 0 Å². The van der Waals surface area contributed by atoms with Gasteiger partial charge in [-0.05, 0) is 31.7 Å². The molecular formula is C16H23FN2O. The van der Waals surface area contributed by atoms with Crippen LogP contribution in [0.5, 0.6) is 0 Å². The molecule has 0 aromatic heterocycles. The summed E-state index contributed by atoms with van der Waals surface area (Å²) in [5.74, 6) is 0.682. The number of rotatable bonds is 4. The van der Waals surface area contributed by atoms with E-state index in [1.807, 2.05) is 6.07 Å². The van der Waals surface area contributed by atoms with Crippen molar-refractivity contribution in [2.24, 2.45) is 5.92 Å². The normalized spacial score (nSPS) is 22.1. The Balaban J connectivity index is 1.70. The molecule has 2 aliphatic rings. The van der Waals surface area contributed by atoms with Crippen LogP contribution in [0.3, 0.4) is 0 Å². The summed E-state index contributed by atoms with van der Waals surface area (Å²) < 4.78 is 14.1. The minimum Gasteiger partial charge on any atom is -0.389 e. The number of hydrogen-bond acceptors (Lipinski definition) is 3. The highest BCUT2D eigenvalue weighted by Gasteiger charge is 2.28. The highest BCUT2D eigenvalue weighted by Crippen LogP contribution is 2.32. The largest absolute Gasteiger partial charge is 0.389 e. The molecule has 1 saturated heterocycles. The number of benzene rings is 1. The van der Waals surface area contributed by atoms with Crippen LogP contribution in [0.2, 0.25) is 0 Å². The van der Waals surface area contributed by atoms with Gasteiger partial charge in [-0.15, -0.1) is 0 Å². The zero-order valence-corrected chi connectivity index (χ0v) is 12.1. The predicted molar refractivity (Wildman–Crippen MR) is 78.4 cm³/mol. The fourth-order valence-electron chi connectivity index (χ4n) is 3.02. The van der Waals surface area contributed by atoms with E-state index in [2.05, 4.69) is 9.80 Å². The van der Waals surface area contributed by atoms with Crippen molar-refractivity contribution in [3.63, 3.8) is 0 Å². The molecule has 0 amide bonds.